The summed E-state index contributed by atoms with van der Waals surface area (Å²) in [6.45, 7) is 0.608. The van der Waals surface area contributed by atoms with E-state index < -0.39 is 0 Å². The van der Waals surface area contributed by atoms with Gasteiger partial charge in [-0.3, -0.25) is 4.79 Å². The van der Waals surface area contributed by atoms with Crippen LogP contribution < -0.4 is 14.8 Å². The van der Waals surface area contributed by atoms with E-state index in [1.807, 2.05) is 18.2 Å². The van der Waals surface area contributed by atoms with Crippen LogP contribution in [0.3, 0.4) is 0 Å². The van der Waals surface area contributed by atoms with Crippen LogP contribution in [0.5, 0.6) is 11.5 Å². The molecule has 2 aromatic carbocycles. The smallest absolute Gasteiger partial charge is 0.251 e. The first-order valence-corrected chi connectivity index (χ1v) is 9.42. The summed E-state index contributed by atoms with van der Waals surface area (Å²) in [5.74, 6) is 2.79. The average Bonchev–Trinajstić information content (AvgIpc) is 2.62. The number of ether oxygens (including phenoxy) is 2. The van der Waals surface area contributed by atoms with Crippen LogP contribution in [-0.2, 0) is 5.75 Å². The molecule has 0 aliphatic rings. The summed E-state index contributed by atoms with van der Waals surface area (Å²) in [5, 5.41) is 2.92. The van der Waals surface area contributed by atoms with Crippen LogP contribution in [-0.4, -0.2) is 32.4 Å². The van der Waals surface area contributed by atoms with Gasteiger partial charge in [0.1, 0.15) is 16.0 Å². The highest BCUT2D eigenvalue weighted by Crippen LogP contribution is 2.35. The predicted molar refractivity (Wildman–Crippen MR) is 102 cm³/mol. The average molecular weight is 410 g/mol. The molecule has 0 aliphatic carbocycles. The number of nitrogens with one attached hydrogen (secondary N) is 1. The van der Waals surface area contributed by atoms with Crippen LogP contribution in [0.15, 0.2) is 46.9 Å². The second-order valence-electron chi connectivity index (χ2n) is 4.99. The Morgan fingerprint density at radius 1 is 1.12 bits per heavy atom. The minimum atomic E-state index is -0.139. The molecule has 2 aromatic rings. The molecule has 0 aliphatic heterocycles. The van der Waals surface area contributed by atoms with E-state index in [0.29, 0.717) is 28.1 Å². The maximum atomic E-state index is 12.3. The number of thioether (sulfide) groups is 1. The summed E-state index contributed by atoms with van der Waals surface area (Å²) < 4.78 is 11.2. The molecule has 6 heteroatoms. The molecule has 4 nitrogen and oxygen atoms in total. The second kappa shape index (κ2) is 9.59. The molecule has 1 amide bonds. The lowest BCUT2D eigenvalue weighted by atomic mass is 10.2. The zero-order valence-electron chi connectivity index (χ0n) is 13.7. The summed E-state index contributed by atoms with van der Waals surface area (Å²) in [5.41, 5.74) is 1.80. The number of hydrogen-bond donors (Lipinski definition) is 1. The fourth-order valence-electron chi connectivity index (χ4n) is 2.10. The van der Waals surface area contributed by atoms with Crippen molar-refractivity contribution in [2.24, 2.45) is 0 Å². The van der Waals surface area contributed by atoms with Crippen molar-refractivity contribution in [3.8, 4) is 11.5 Å². The van der Waals surface area contributed by atoms with E-state index in [0.717, 1.165) is 11.5 Å². The molecule has 0 unspecified atom stereocenters. The monoisotopic (exact) mass is 409 g/mol. The SMILES string of the molecule is COc1cc(C(=O)NCCSCc2ccccc2)cc(OC)c1Br. The van der Waals surface area contributed by atoms with Crippen LogP contribution in [0.2, 0.25) is 0 Å². The highest BCUT2D eigenvalue weighted by molar-refractivity contribution is 9.10. The Labute approximate surface area is 155 Å². The lowest BCUT2D eigenvalue weighted by Crippen LogP contribution is -2.25. The summed E-state index contributed by atoms with van der Waals surface area (Å²) >= 11 is 5.18. The van der Waals surface area contributed by atoms with Gasteiger partial charge in [0.15, 0.2) is 0 Å². The molecule has 0 spiro atoms. The van der Waals surface area contributed by atoms with E-state index in [2.05, 4.69) is 33.4 Å². The van der Waals surface area contributed by atoms with Crippen LogP contribution >= 0.6 is 27.7 Å². The summed E-state index contributed by atoms with van der Waals surface area (Å²) in [6, 6.07) is 13.7. The maximum absolute atomic E-state index is 12.3. The van der Waals surface area contributed by atoms with Crippen molar-refractivity contribution < 1.29 is 14.3 Å². The molecule has 2 rings (SSSR count). The Morgan fingerprint density at radius 2 is 1.75 bits per heavy atom. The third-order valence-corrected chi connectivity index (χ3v) is 5.16. The summed E-state index contributed by atoms with van der Waals surface area (Å²) in [7, 11) is 3.11. The van der Waals surface area contributed by atoms with Gasteiger partial charge in [-0.15, -0.1) is 0 Å². The van der Waals surface area contributed by atoms with E-state index >= 15 is 0 Å². The number of halogens is 1. The molecule has 0 fully saturated rings. The number of carbonyl (C=O) groups is 1. The number of rotatable bonds is 8. The molecule has 0 saturated carbocycles. The molecule has 0 heterocycles. The second-order valence-corrected chi connectivity index (χ2v) is 6.89. The van der Waals surface area contributed by atoms with Crippen molar-refractivity contribution in [2.45, 2.75) is 5.75 Å². The van der Waals surface area contributed by atoms with Gasteiger partial charge in [-0.1, -0.05) is 30.3 Å². The Bertz CT molecular complexity index is 654. The topological polar surface area (TPSA) is 47.6 Å². The molecular weight excluding hydrogens is 390 g/mol. The third kappa shape index (κ3) is 5.18. The van der Waals surface area contributed by atoms with Gasteiger partial charge >= 0.3 is 0 Å². The highest BCUT2D eigenvalue weighted by atomic mass is 79.9. The highest BCUT2D eigenvalue weighted by Gasteiger charge is 2.14. The Hall–Kier alpha value is -1.66. The summed E-state index contributed by atoms with van der Waals surface area (Å²) in [6.07, 6.45) is 0. The van der Waals surface area contributed by atoms with Gasteiger partial charge in [-0.05, 0) is 33.6 Å². The summed E-state index contributed by atoms with van der Waals surface area (Å²) in [4.78, 5) is 12.3. The molecule has 128 valence electrons. The Morgan fingerprint density at radius 3 is 2.33 bits per heavy atom. The number of methoxy groups -OCH3 is 2. The van der Waals surface area contributed by atoms with E-state index in [1.165, 1.54) is 5.56 Å². The molecule has 1 N–H and O–H groups in total. The molecule has 24 heavy (non-hydrogen) atoms. The lowest BCUT2D eigenvalue weighted by molar-refractivity contribution is 0.0955. The van der Waals surface area contributed by atoms with E-state index in [4.69, 9.17) is 9.47 Å². The standard InChI is InChI=1S/C18H20BrNO3S/c1-22-15-10-14(11-16(23-2)17(15)19)18(21)20-8-9-24-12-13-6-4-3-5-7-13/h3-7,10-11H,8-9,12H2,1-2H3,(H,20,21). The van der Waals surface area contributed by atoms with Gasteiger partial charge in [0.2, 0.25) is 0 Å². The van der Waals surface area contributed by atoms with Gasteiger partial charge in [0.05, 0.1) is 14.2 Å². The predicted octanol–water partition coefficient (Wildman–Crippen LogP) is 4.13. The molecule has 0 atom stereocenters. The lowest BCUT2D eigenvalue weighted by Gasteiger charge is -2.11. The van der Waals surface area contributed by atoms with Gasteiger partial charge in [0, 0.05) is 23.6 Å². The van der Waals surface area contributed by atoms with Gasteiger partial charge < -0.3 is 14.8 Å². The number of hydrogen-bond acceptors (Lipinski definition) is 4. The van der Waals surface area contributed by atoms with Crippen LogP contribution in [0.1, 0.15) is 15.9 Å². The fourth-order valence-corrected chi connectivity index (χ4v) is 3.48. The van der Waals surface area contributed by atoms with Gasteiger partial charge in [-0.2, -0.15) is 11.8 Å². The molecule has 0 bridgehead atoms. The van der Waals surface area contributed by atoms with Crippen molar-refractivity contribution >= 4 is 33.6 Å². The van der Waals surface area contributed by atoms with E-state index in [9.17, 15) is 4.79 Å². The first-order valence-electron chi connectivity index (χ1n) is 7.47. The maximum Gasteiger partial charge on any atom is 0.251 e. The number of carbonyl (C=O) groups excluding carboxylic acids is 1. The fraction of sp³-hybridized carbons (Fsp3) is 0.278. The van der Waals surface area contributed by atoms with Gasteiger partial charge in [-0.25, -0.2) is 0 Å². The largest absolute Gasteiger partial charge is 0.495 e. The van der Waals surface area contributed by atoms with Crippen molar-refractivity contribution in [3.05, 3.63) is 58.1 Å². The third-order valence-electron chi connectivity index (χ3n) is 3.35. The molecule has 0 aromatic heterocycles. The van der Waals surface area contributed by atoms with Crippen molar-refractivity contribution in [1.29, 1.82) is 0 Å². The minimum absolute atomic E-state index is 0.139. The van der Waals surface area contributed by atoms with Crippen LogP contribution in [0.25, 0.3) is 0 Å². The number of amides is 1. The quantitative estimate of drug-likeness (QED) is 0.665. The van der Waals surface area contributed by atoms with Crippen LogP contribution in [0.4, 0.5) is 0 Å². The molecule has 0 radical (unpaired) electrons. The minimum Gasteiger partial charge on any atom is -0.495 e. The van der Waals surface area contributed by atoms with E-state index in [-0.39, 0.29) is 5.91 Å². The first-order chi connectivity index (χ1) is 11.7. The van der Waals surface area contributed by atoms with Crippen molar-refractivity contribution in [3.63, 3.8) is 0 Å². The van der Waals surface area contributed by atoms with Gasteiger partial charge in [0.25, 0.3) is 5.91 Å². The Balaban J connectivity index is 1.84. The van der Waals surface area contributed by atoms with Crippen molar-refractivity contribution in [2.75, 3.05) is 26.5 Å². The van der Waals surface area contributed by atoms with Crippen LogP contribution in [0, 0.1) is 0 Å². The zero-order chi connectivity index (χ0) is 17.4. The Kier molecular flexibility index (Phi) is 7.46. The van der Waals surface area contributed by atoms with Crippen molar-refractivity contribution in [1.82, 2.24) is 5.32 Å². The molecule has 0 saturated heterocycles. The molecular formula is C18H20BrNO3S. The van der Waals surface area contributed by atoms with E-state index in [1.54, 1.807) is 38.1 Å². The normalized spacial score (nSPS) is 10.3. The zero-order valence-corrected chi connectivity index (χ0v) is 16.1. The number of benzene rings is 2. The first kappa shape index (κ1) is 18.7.